The van der Waals surface area contributed by atoms with Gasteiger partial charge in [-0.25, -0.2) is 0 Å². The highest BCUT2D eigenvalue weighted by atomic mass is 127. The fourth-order valence-electron chi connectivity index (χ4n) is 3.67. The highest BCUT2D eigenvalue weighted by Gasteiger charge is 2.40. The fourth-order valence-corrected chi connectivity index (χ4v) is 4.58. The number of carbonyl (C=O) groups excluding carboxylic acids is 3. The summed E-state index contributed by atoms with van der Waals surface area (Å²) in [6.07, 6.45) is 4.40. The largest absolute Gasteiger partial charge is 0.369 e. The molecule has 0 aromatic heterocycles. The number of Topliss-reactive ketones (excluding diaryl/α,β-unsaturated/α-hetero) is 2. The maximum Gasteiger partial charge on any atom is 0.221 e. The van der Waals surface area contributed by atoms with Crippen molar-refractivity contribution < 1.29 is 14.4 Å². The minimum atomic E-state index is -0.575. The van der Waals surface area contributed by atoms with Gasteiger partial charge in [-0.3, -0.25) is 9.59 Å². The number of fused-ring (bicyclic) bond motifs is 1. The van der Waals surface area contributed by atoms with Gasteiger partial charge in [-0.15, -0.1) is 0 Å². The van der Waals surface area contributed by atoms with Gasteiger partial charge in [0.25, 0.3) is 0 Å². The normalized spacial score (nSPS) is 23.2. The Balaban J connectivity index is 1.89. The van der Waals surface area contributed by atoms with Gasteiger partial charge < -0.3 is 10.5 Å². The standard InChI is InChI=1S/C19H20INO3/c1-10(22)5-6-15(19(21)24)17-9-16-13(11-7-12(20)8-11)3-2-4-14(16)18(17)23/h2-4,7,12,15,17H,5-6,8-9H2,1H3,(H2,21,24). The van der Waals surface area contributed by atoms with E-state index >= 15 is 0 Å². The maximum atomic E-state index is 12.8. The van der Waals surface area contributed by atoms with E-state index in [1.165, 1.54) is 12.5 Å². The highest BCUT2D eigenvalue weighted by Crippen LogP contribution is 2.41. The van der Waals surface area contributed by atoms with Crippen LogP contribution in [0.15, 0.2) is 24.3 Å². The molecule has 2 aliphatic rings. The average Bonchev–Trinajstić information content (AvgIpc) is 2.81. The number of ketones is 2. The molecule has 3 atom stereocenters. The molecule has 3 rings (SSSR count). The van der Waals surface area contributed by atoms with Gasteiger partial charge >= 0.3 is 0 Å². The van der Waals surface area contributed by atoms with Crippen molar-refractivity contribution in [2.24, 2.45) is 17.6 Å². The third-order valence-electron chi connectivity index (χ3n) is 5.00. The Kier molecular flexibility index (Phi) is 4.90. The number of hydrogen-bond acceptors (Lipinski definition) is 3. The first kappa shape index (κ1) is 17.3. The van der Waals surface area contributed by atoms with Crippen LogP contribution in [0.2, 0.25) is 0 Å². The molecule has 0 radical (unpaired) electrons. The molecule has 0 spiro atoms. The van der Waals surface area contributed by atoms with E-state index in [1.54, 1.807) is 0 Å². The third-order valence-corrected chi connectivity index (χ3v) is 5.80. The van der Waals surface area contributed by atoms with Gasteiger partial charge in [-0.1, -0.05) is 46.9 Å². The lowest BCUT2D eigenvalue weighted by Crippen LogP contribution is -2.33. The number of halogens is 1. The van der Waals surface area contributed by atoms with Crippen LogP contribution in [0.3, 0.4) is 0 Å². The van der Waals surface area contributed by atoms with Crippen LogP contribution in [0.25, 0.3) is 5.57 Å². The summed E-state index contributed by atoms with van der Waals surface area (Å²) in [5, 5.41) is 0. The summed E-state index contributed by atoms with van der Waals surface area (Å²) in [6.45, 7) is 1.49. The van der Waals surface area contributed by atoms with Gasteiger partial charge in [0, 0.05) is 27.7 Å². The van der Waals surface area contributed by atoms with Crippen LogP contribution in [0.5, 0.6) is 0 Å². The smallest absolute Gasteiger partial charge is 0.221 e. The molecule has 1 amide bonds. The second-order valence-corrected chi connectivity index (χ2v) is 8.27. The molecule has 0 heterocycles. The van der Waals surface area contributed by atoms with Crippen molar-refractivity contribution in [2.75, 3.05) is 0 Å². The lowest BCUT2D eigenvalue weighted by atomic mass is 9.83. The van der Waals surface area contributed by atoms with E-state index in [0.29, 0.717) is 22.3 Å². The van der Waals surface area contributed by atoms with E-state index in [1.807, 2.05) is 12.1 Å². The van der Waals surface area contributed by atoms with Crippen LogP contribution in [0.4, 0.5) is 0 Å². The van der Waals surface area contributed by atoms with Crippen molar-refractivity contribution in [3.05, 3.63) is 41.0 Å². The zero-order valence-corrected chi connectivity index (χ0v) is 15.7. The fraction of sp³-hybridized carbons (Fsp3) is 0.421. The molecule has 126 valence electrons. The predicted octanol–water partition coefficient (Wildman–Crippen LogP) is 3.10. The van der Waals surface area contributed by atoms with E-state index in [-0.39, 0.29) is 18.0 Å². The summed E-state index contributed by atoms with van der Waals surface area (Å²) >= 11 is 2.39. The summed E-state index contributed by atoms with van der Waals surface area (Å²) in [5.41, 5.74) is 9.70. The van der Waals surface area contributed by atoms with Gasteiger partial charge in [-0.2, -0.15) is 0 Å². The number of amides is 1. The molecule has 4 nitrogen and oxygen atoms in total. The highest BCUT2D eigenvalue weighted by molar-refractivity contribution is 14.1. The van der Waals surface area contributed by atoms with Gasteiger partial charge in [-0.05, 0) is 42.9 Å². The molecule has 1 aromatic rings. The van der Waals surface area contributed by atoms with Crippen molar-refractivity contribution in [1.29, 1.82) is 0 Å². The molecule has 24 heavy (non-hydrogen) atoms. The molecule has 1 aromatic carbocycles. The molecule has 0 saturated heterocycles. The Bertz CT molecular complexity index is 753. The summed E-state index contributed by atoms with van der Waals surface area (Å²) in [4.78, 5) is 36.0. The predicted molar refractivity (Wildman–Crippen MR) is 101 cm³/mol. The van der Waals surface area contributed by atoms with E-state index in [9.17, 15) is 14.4 Å². The number of nitrogens with two attached hydrogens (primary N) is 1. The number of primary amides is 1. The minimum Gasteiger partial charge on any atom is -0.369 e. The summed E-state index contributed by atoms with van der Waals surface area (Å²) < 4.78 is 0.551. The Morgan fingerprint density at radius 1 is 1.29 bits per heavy atom. The first-order chi connectivity index (χ1) is 11.4. The second kappa shape index (κ2) is 6.78. The van der Waals surface area contributed by atoms with Gasteiger partial charge in [0.2, 0.25) is 5.91 Å². The molecular formula is C19H20INO3. The average molecular weight is 437 g/mol. The van der Waals surface area contributed by atoms with Gasteiger partial charge in [0.1, 0.15) is 5.78 Å². The minimum absolute atomic E-state index is 0.00912. The molecule has 0 aliphatic heterocycles. The molecule has 2 N–H and O–H groups in total. The van der Waals surface area contributed by atoms with Gasteiger partial charge in [0.05, 0.1) is 0 Å². The van der Waals surface area contributed by atoms with Crippen molar-refractivity contribution >= 4 is 45.6 Å². The van der Waals surface area contributed by atoms with Crippen molar-refractivity contribution in [1.82, 2.24) is 0 Å². The first-order valence-electron chi connectivity index (χ1n) is 8.18. The maximum absolute atomic E-state index is 12.8. The molecule has 2 aliphatic carbocycles. The van der Waals surface area contributed by atoms with Crippen LogP contribution < -0.4 is 5.73 Å². The second-order valence-electron chi connectivity index (χ2n) is 6.67. The van der Waals surface area contributed by atoms with Crippen LogP contribution in [0, 0.1) is 11.8 Å². The molecule has 5 heteroatoms. The number of allylic oxidation sites excluding steroid dienone is 2. The zero-order chi connectivity index (χ0) is 17.4. The topological polar surface area (TPSA) is 77.2 Å². The van der Waals surface area contributed by atoms with Gasteiger partial charge in [0.15, 0.2) is 5.78 Å². The van der Waals surface area contributed by atoms with Crippen LogP contribution in [-0.2, 0) is 16.0 Å². The summed E-state index contributed by atoms with van der Waals surface area (Å²) in [7, 11) is 0. The zero-order valence-electron chi connectivity index (χ0n) is 13.5. The Morgan fingerprint density at radius 3 is 2.54 bits per heavy atom. The van der Waals surface area contributed by atoms with Crippen molar-refractivity contribution in [2.45, 2.75) is 36.5 Å². The summed E-state index contributed by atoms with van der Waals surface area (Å²) in [5.74, 6) is -1.50. The van der Waals surface area contributed by atoms with Crippen LogP contribution in [-0.4, -0.2) is 21.4 Å². The van der Waals surface area contributed by atoms with Crippen LogP contribution in [0.1, 0.15) is 47.7 Å². The Morgan fingerprint density at radius 2 is 1.96 bits per heavy atom. The first-order valence-corrected chi connectivity index (χ1v) is 9.43. The van der Waals surface area contributed by atoms with Crippen molar-refractivity contribution in [3.63, 3.8) is 0 Å². The van der Waals surface area contributed by atoms with E-state index < -0.39 is 17.7 Å². The van der Waals surface area contributed by atoms with E-state index in [4.69, 9.17) is 5.73 Å². The number of rotatable bonds is 6. The lowest BCUT2D eigenvalue weighted by molar-refractivity contribution is -0.123. The Labute approximate surface area is 155 Å². The molecule has 0 bridgehead atoms. The monoisotopic (exact) mass is 437 g/mol. The number of benzene rings is 1. The van der Waals surface area contributed by atoms with E-state index in [2.05, 4.69) is 34.7 Å². The number of carbonyl (C=O) groups is 3. The lowest BCUT2D eigenvalue weighted by Gasteiger charge is -2.23. The molecule has 3 unspecified atom stereocenters. The Hall–Kier alpha value is -1.50. The quantitative estimate of drug-likeness (QED) is 0.549. The molecular weight excluding hydrogens is 417 g/mol. The van der Waals surface area contributed by atoms with E-state index in [0.717, 1.165) is 17.5 Å². The summed E-state index contributed by atoms with van der Waals surface area (Å²) in [6, 6.07) is 5.80. The van der Waals surface area contributed by atoms with Crippen LogP contribution >= 0.6 is 22.6 Å². The molecule has 0 saturated carbocycles. The van der Waals surface area contributed by atoms with Crippen molar-refractivity contribution in [3.8, 4) is 0 Å². The number of hydrogen-bond donors (Lipinski definition) is 1. The SMILES string of the molecule is CC(=O)CCC(C(N)=O)C1Cc2c(cccc2C2=CC(I)C2)C1=O. The molecule has 0 fully saturated rings. The third kappa shape index (κ3) is 3.18. The number of alkyl halides is 1.